The highest BCUT2D eigenvalue weighted by atomic mass is 35.5. The number of rotatable bonds is 7. The van der Waals surface area contributed by atoms with Gasteiger partial charge in [0.2, 0.25) is 10.0 Å². The van der Waals surface area contributed by atoms with Crippen molar-refractivity contribution >= 4 is 34.0 Å². The second-order valence-electron chi connectivity index (χ2n) is 5.63. The van der Waals surface area contributed by atoms with Gasteiger partial charge in [-0.25, -0.2) is 8.42 Å². The lowest BCUT2D eigenvalue weighted by molar-refractivity contribution is 0.0956. The minimum atomic E-state index is -3.54. The van der Waals surface area contributed by atoms with Crippen molar-refractivity contribution in [3.05, 3.63) is 29.3 Å². The summed E-state index contributed by atoms with van der Waals surface area (Å²) < 4.78 is 35.9. The van der Waals surface area contributed by atoms with E-state index in [1.54, 1.807) is 0 Å². The van der Waals surface area contributed by atoms with E-state index in [9.17, 15) is 13.2 Å². The van der Waals surface area contributed by atoms with Crippen molar-refractivity contribution in [1.82, 2.24) is 10.6 Å². The van der Waals surface area contributed by atoms with Crippen molar-refractivity contribution in [2.45, 2.75) is 6.42 Å². The Bertz CT molecular complexity index is 780. The molecular formula is C16H24ClN3O5S. The first-order chi connectivity index (χ1) is 11.8. The first-order valence-corrected chi connectivity index (χ1v) is 9.64. The molecule has 0 fully saturated rings. The average molecular weight is 406 g/mol. The van der Waals surface area contributed by atoms with Gasteiger partial charge in [0.1, 0.15) is 0 Å². The Morgan fingerprint density at radius 3 is 2.54 bits per heavy atom. The van der Waals surface area contributed by atoms with E-state index in [0.29, 0.717) is 6.54 Å². The third kappa shape index (κ3) is 6.08. The second kappa shape index (κ2) is 9.65. The summed E-state index contributed by atoms with van der Waals surface area (Å²) >= 11 is 0. The Kier molecular flexibility index (Phi) is 8.19. The fourth-order valence-electron chi connectivity index (χ4n) is 2.50. The van der Waals surface area contributed by atoms with Gasteiger partial charge in [-0.2, -0.15) is 0 Å². The second-order valence-corrected chi connectivity index (χ2v) is 7.38. The molecule has 0 atom stereocenters. The molecule has 0 saturated carbocycles. The minimum absolute atomic E-state index is 0. The maximum atomic E-state index is 12.4. The highest BCUT2D eigenvalue weighted by Crippen LogP contribution is 2.37. The molecule has 0 bridgehead atoms. The van der Waals surface area contributed by atoms with Crippen LogP contribution in [0, 0.1) is 0 Å². The van der Waals surface area contributed by atoms with E-state index in [-0.39, 0.29) is 41.1 Å². The van der Waals surface area contributed by atoms with Crippen molar-refractivity contribution in [2.75, 3.05) is 44.8 Å². The number of hydrogen-bond donors (Lipinski definition) is 3. The summed E-state index contributed by atoms with van der Waals surface area (Å²) in [5, 5.41) is 6.05. The highest BCUT2D eigenvalue weighted by Gasteiger charge is 2.18. The lowest BCUT2D eigenvalue weighted by Crippen LogP contribution is -2.29. The van der Waals surface area contributed by atoms with Crippen molar-refractivity contribution in [3.8, 4) is 11.5 Å². The number of amides is 1. The first-order valence-electron chi connectivity index (χ1n) is 7.74. The third-order valence-electron chi connectivity index (χ3n) is 3.67. The summed E-state index contributed by atoms with van der Waals surface area (Å²) in [4.78, 5) is 12.4. The van der Waals surface area contributed by atoms with Crippen LogP contribution >= 0.6 is 12.4 Å². The number of ether oxygens (including phenoxy) is 2. The molecule has 0 spiro atoms. The fraction of sp³-hybridized carbons (Fsp3) is 0.438. The molecule has 0 radical (unpaired) electrons. The number of sulfonamides is 1. The number of carbonyl (C=O) groups is 1. The minimum Gasteiger partial charge on any atom is -0.493 e. The summed E-state index contributed by atoms with van der Waals surface area (Å²) in [6, 6.07) is 2.94. The Hall–Kier alpha value is -1.97. The zero-order chi connectivity index (χ0) is 18.4. The molecule has 1 heterocycles. The first kappa shape index (κ1) is 22.1. The molecule has 3 N–H and O–H groups in total. The standard InChI is InChI=1S/C16H23N3O5S.ClH/c1-23-14-9-12(8-13(15(14)24-2)19-25(3,21)22)16(20)18-10-11-4-6-17-7-5-11;/h4,8-9,17,19H,5-7,10H2,1-3H3,(H,18,20);1H. The normalized spacial score (nSPS) is 13.9. The van der Waals surface area contributed by atoms with Crippen LogP contribution in [0.25, 0.3) is 0 Å². The van der Waals surface area contributed by atoms with Crippen LogP contribution in [0.5, 0.6) is 11.5 Å². The number of anilines is 1. The molecular weight excluding hydrogens is 382 g/mol. The molecule has 146 valence electrons. The number of halogens is 1. The van der Waals surface area contributed by atoms with Crippen LogP contribution < -0.4 is 24.8 Å². The van der Waals surface area contributed by atoms with Crippen LogP contribution in [0.4, 0.5) is 5.69 Å². The molecule has 1 aliphatic rings. The summed E-state index contributed by atoms with van der Waals surface area (Å²) in [6.07, 6.45) is 3.96. The molecule has 0 aromatic heterocycles. The van der Waals surface area contributed by atoms with E-state index in [1.165, 1.54) is 26.4 Å². The summed E-state index contributed by atoms with van der Waals surface area (Å²) in [5.74, 6) is 0.157. The molecule has 1 aliphatic heterocycles. The molecule has 2 rings (SSSR count). The monoisotopic (exact) mass is 405 g/mol. The lowest BCUT2D eigenvalue weighted by Gasteiger charge is -2.17. The van der Waals surface area contributed by atoms with E-state index >= 15 is 0 Å². The number of nitrogens with one attached hydrogen (secondary N) is 3. The molecule has 8 nitrogen and oxygen atoms in total. The smallest absolute Gasteiger partial charge is 0.251 e. The Morgan fingerprint density at radius 1 is 1.27 bits per heavy atom. The number of benzene rings is 1. The predicted octanol–water partition coefficient (Wildman–Crippen LogP) is 1.15. The van der Waals surface area contributed by atoms with Gasteiger partial charge < -0.3 is 20.1 Å². The van der Waals surface area contributed by atoms with Crippen LogP contribution in [0.2, 0.25) is 0 Å². The van der Waals surface area contributed by atoms with Gasteiger partial charge >= 0.3 is 0 Å². The molecule has 0 aliphatic carbocycles. The Labute approximate surface area is 159 Å². The maximum absolute atomic E-state index is 12.4. The number of hydrogen-bond acceptors (Lipinski definition) is 6. The van der Waals surface area contributed by atoms with Crippen LogP contribution in [0.1, 0.15) is 16.8 Å². The Balaban J connectivity index is 0.00000338. The van der Waals surface area contributed by atoms with Crippen molar-refractivity contribution in [1.29, 1.82) is 0 Å². The van der Waals surface area contributed by atoms with Crippen LogP contribution in [-0.4, -0.2) is 54.4 Å². The molecule has 1 aromatic carbocycles. The van der Waals surface area contributed by atoms with Crippen molar-refractivity contribution in [2.24, 2.45) is 0 Å². The number of carbonyl (C=O) groups excluding carboxylic acids is 1. The summed E-state index contributed by atoms with van der Waals surface area (Å²) in [7, 11) is -0.722. The molecule has 1 amide bonds. The molecule has 26 heavy (non-hydrogen) atoms. The van der Waals surface area contributed by atoms with E-state index in [4.69, 9.17) is 9.47 Å². The fourth-order valence-corrected chi connectivity index (χ4v) is 3.05. The molecule has 10 heteroatoms. The van der Waals surface area contributed by atoms with Gasteiger partial charge in [0.05, 0.1) is 26.2 Å². The van der Waals surface area contributed by atoms with Gasteiger partial charge in [0, 0.05) is 18.7 Å². The topological polar surface area (TPSA) is 106 Å². The van der Waals surface area contributed by atoms with Crippen molar-refractivity contribution < 1.29 is 22.7 Å². The molecule has 0 saturated heterocycles. The quantitative estimate of drug-likeness (QED) is 0.587. The van der Waals surface area contributed by atoms with Gasteiger partial charge in [-0.3, -0.25) is 9.52 Å². The summed E-state index contributed by atoms with van der Waals surface area (Å²) in [6.45, 7) is 2.13. The third-order valence-corrected chi connectivity index (χ3v) is 4.26. The van der Waals surface area contributed by atoms with E-state index in [1.807, 2.05) is 0 Å². The van der Waals surface area contributed by atoms with E-state index < -0.39 is 10.0 Å². The highest BCUT2D eigenvalue weighted by molar-refractivity contribution is 7.92. The van der Waals surface area contributed by atoms with Crippen LogP contribution in [-0.2, 0) is 10.0 Å². The largest absolute Gasteiger partial charge is 0.493 e. The zero-order valence-electron chi connectivity index (χ0n) is 14.9. The maximum Gasteiger partial charge on any atom is 0.251 e. The average Bonchev–Trinajstić information content (AvgIpc) is 2.58. The lowest BCUT2D eigenvalue weighted by atomic mass is 10.1. The van der Waals surface area contributed by atoms with Gasteiger partial charge in [-0.1, -0.05) is 11.6 Å². The van der Waals surface area contributed by atoms with E-state index in [2.05, 4.69) is 21.4 Å². The zero-order valence-corrected chi connectivity index (χ0v) is 16.6. The Morgan fingerprint density at radius 2 is 2.00 bits per heavy atom. The van der Waals surface area contributed by atoms with E-state index in [0.717, 1.165) is 31.3 Å². The number of methoxy groups -OCH3 is 2. The SMILES string of the molecule is COc1cc(C(=O)NCC2=CCNCC2)cc(NS(C)(=O)=O)c1OC.Cl. The van der Waals surface area contributed by atoms with Crippen LogP contribution in [0.3, 0.4) is 0 Å². The summed E-state index contributed by atoms with van der Waals surface area (Å²) in [5.41, 5.74) is 1.58. The van der Waals surface area contributed by atoms with Gasteiger partial charge in [-0.15, -0.1) is 12.4 Å². The van der Waals surface area contributed by atoms with Crippen molar-refractivity contribution in [3.63, 3.8) is 0 Å². The molecule has 1 aromatic rings. The van der Waals surface area contributed by atoms with Gasteiger partial charge in [0.15, 0.2) is 11.5 Å². The van der Waals surface area contributed by atoms with Crippen LogP contribution in [0.15, 0.2) is 23.8 Å². The van der Waals surface area contributed by atoms with Gasteiger partial charge in [-0.05, 0) is 25.1 Å². The molecule has 0 unspecified atom stereocenters. The predicted molar refractivity (Wildman–Crippen MR) is 103 cm³/mol. The van der Waals surface area contributed by atoms with Gasteiger partial charge in [0.25, 0.3) is 5.91 Å².